The van der Waals surface area contributed by atoms with Gasteiger partial charge in [0.15, 0.2) is 0 Å². The number of anilines is 2. The molecule has 106 valence electrons. The smallest absolute Gasteiger partial charge is 0.373 e. The summed E-state index contributed by atoms with van der Waals surface area (Å²) in [4.78, 5) is 9.79. The van der Waals surface area contributed by atoms with Crippen LogP contribution < -0.4 is 10.2 Å². The van der Waals surface area contributed by atoms with Crippen molar-refractivity contribution in [3.8, 4) is 0 Å². The van der Waals surface area contributed by atoms with Crippen LogP contribution in [0.3, 0.4) is 0 Å². The predicted molar refractivity (Wildman–Crippen MR) is 67.5 cm³/mol. The monoisotopic (exact) mass is 274 g/mol. The number of hydrogen-bond donors (Lipinski definition) is 1. The molecule has 7 heteroatoms. The molecule has 1 aliphatic carbocycles. The molecule has 0 aliphatic heterocycles. The van der Waals surface area contributed by atoms with Crippen LogP contribution in [-0.2, 0) is 0 Å². The van der Waals surface area contributed by atoms with Crippen molar-refractivity contribution in [2.75, 3.05) is 30.4 Å². The Hall–Kier alpha value is -1.53. The van der Waals surface area contributed by atoms with E-state index in [9.17, 15) is 13.2 Å². The minimum atomic E-state index is -4.24. The van der Waals surface area contributed by atoms with E-state index in [0.29, 0.717) is 23.4 Å². The number of nitrogens with one attached hydrogen (secondary N) is 1. The molecular formula is C12H17F3N4. The number of nitrogens with zero attached hydrogens (tertiary/aromatic N) is 3. The van der Waals surface area contributed by atoms with Gasteiger partial charge in [0, 0.05) is 25.6 Å². The van der Waals surface area contributed by atoms with Crippen molar-refractivity contribution in [3.63, 3.8) is 0 Å². The minimum Gasteiger partial charge on any atom is -0.373 e. The first-order valence-electron chi connectivity index (χ1n) is 6.31. The van der Waals surface area contributed by atoms with Gasteiger partial charge in [-0.05, 0) is 19.8 Å². The SMILES string of the molecule is CCN(CC(F)(F)F)c1cc(NC)nc(C2CC2)n1. The Morgan fingerprint density at radius 2 is 2.05 bits per heavy atom. The summed E-state index contributed by atoms with van der Waals surface area (Å²) in [6, 6.07) is 1.56. The van der Waals surface area contributed by atoms with Crippen LogP contribution in [0.4, 0.5) is 24.8 Å². The molecule has 0 radical (unpaired) electrons. The van der Waals surface area contributed by atoms with E-state index in [1.807, 2.05) is 0 Å². The van der Waals surface area contributed by atoms with Gasteiger partial charge in [-0.15, -0.1) is 0 Å². The molecule has 2 rings (SSSR count). The molecule has 1 aliphatic rings. The molecule has 0 saturated heterocycles. The van der Waals surface area contributed by atoms with Crippen LogP contribution in [0.5, 0.6) is 0 Å². The first-order valence-corrected chi connectivity index (χ1v) is 6.31. The second-order valence-electron chi connectivity index (χ2n) is 4.62. The fraction of sp³-hybridized carbons (Fsp3) is 0.667. The highest BCUT2D eigenvalue weighted by molar-refractivity contribution is 5.49. The van der Waals surface area contributed by atoms with Gasteiger partial charge in [-0.2, -0.15) is 13.2 Å². The summed E-state index contributed by atoms with van der Waals surface area (Å²) >= 11 is 0. The normalized spacial score (nSPS) is 15.4. The summed E-state index contributed by atoms with van der Waals surface area (Å²) in [7, 11) is 1.70. The van der Waals surface area contributed by atoms with Crippen molar-refractivity contribution in [2.45, 2.75) is 31.9 Å². The lowest BCUT2D eigenvalue weighted by Gasteiger charge is -2.24. The summed E-state index contributed by atoms with van der Waals surface area (Å²) in [5.41, 5.74) is 0. The highest BCUT2D eigenvalue weighted by Gasteiger charge is 2.32. The van der Waals surface area contributed by atoms with Gasteiger partial charge in [-0.25, -0.2) is 9.97 Å². The van der Waals surface area contributed by atoms with Crippen molar-refractivity contribution in [1.82, 2.24) is 9.97 Å². The largest absolute Gasteiger partial charge is 0.405 e. The molecular weight excluding hydrogens is 257 g/mol. The quantitative estimate of drug-likeness (QED) is 0.896. The van der Waals surface area contributed by atoms with E-state index in [-0.39, 0.29) is 6.54 Å². The van der Waals surface area contributed by atoms with E-state index < -0.39 is 12.7 Å². The van der Waals surface area contributed by atoms with Crippen LogP contribution in [0.15, 0.2) is 6.07 Å². The molecule has 0 atom stereocenters. The molecule has 0 unspecified atom stereocenters. The highest BCUT2D eigenvalue weighted by Crippen LogP contribution is 2.39. The van der Waals surface area contributed by atoms with Crippen molar-refractivity contribution in [1.29, 1.82) is 0 Å². The molecule has 1 aromatic heterocycles. The van der Waals surface area contributed by atoms with Crippen LogP contribution in [0.2, 0.25) is 0 Å². The molecule has 0 spiro atoms. The lowest BCUT2D eigenvalue weighted by molar-refractivity contribution is -0.119. The van der Waals surface area contributed by atoms with Gasteiger partial charge in [0.2, 0.25) is 0 Å². The van der Waals surface area contributed by atoms with Gasteiger partial charge >= 0.3 is 6.18 Å². The maximum absolute atomic E-state index is 12.5. The van der Waals surface area contributed by atoms with Crippen molar-refractivity contribution in [2.24, 2.45) is 0 Å². The first kappa shape index (κ1) is 13.9. The second kappa shape index (κ2) is 5.22. The summed E-state index contributed by atoms with van der Waals surface area (Å²) in [5.74, 6) is 1.84. The van der Waals surface area contributed by atoms with Gasteiger partial charge in [0.05, 0.1) is 0 Å². The zero-order chi connectivity index (χ0) is 14.0. The molecule has 19 heavy (non-hydrogen) atoms. The summed E-state index contributed by atoms with van der Waals surface area (Å²) in [5, 5.41) is 2.87. The van der Waals surface area contributed by atoms with Gasteiger partial charge in [0.25, 0.3) is 0 Å². The second-order valence-corrected chi connectivity index (χ2v) is 4.62. The third-order valence-corrected chi connectivity index (χ3v) is 3.00. The van der Waals surface area contributed by atoms with Crippen LogP contribution in [0.1, 0.15) is 31.5 Å². The lowest BCUT2D eigenvalue weighted by atomic mass is 10.3. The maximum Gasteiger partial charge on any atom is 0.405 e. The van der Waals surface area contributed by atoms with Crippen LogP contribution >= 0.6 is 0 Å². The number of rotatable bonds is 5. The van der Waals surface area contributed by atoms with Gasteiger partial charge in [-0.1, -0.05) is 0 Å². The third kappa shape index (κ3) is 3.71. The van der Waals surface area contributed by atoms with E-state index in [1.165, 1.54) is 4.90 Å². The molecule has 1 saturated carbocycles. The van der Waals surface area contributed by atoms with E-state index in [1.54, 1.807) is 20.0 Å². The Bertz CT molecular complexity index is 443. The molecule has 1 aromatic rings. The van der Waals surface area contributed by atoms with Crippen molar-refractivity contribution < 1.29 is 13.2 Å². The van der Waals surface area contributed by atoms with E-state index >= 15 is 0 Å². The average molecular weight is 274 g/mol. The Labute approximate surface area is 110 Å². The van der Waals surface area contributed by atoms with E-state index in [2.05, 4.69) is 15.3 Å². The third-order valence-electron chi connectivity index (χ3n) is 3.00. The molecule has 0 amide bonds. The molecule has 0 bridgehead atoms. The predicted octanol–water partition coefficient (Wildman–Crippen LogP) is 2.78. The Balaban J connectivity index is 2.27. The zero-order valence-corrected chi connectivity index (χ0v) is 11.0. The molecule has 1 N–H and O–H groups in total. The topological polar surface area (TPSA) is 41.0 Å². The average Bonchev–Trinajstić information content (AvgIpc) is 3.18. The number of hydrogen-bond acceptors (Lipinski definition) is 4. The molecule has 1 heterocycles. The Morgan fingerprint density at radius 3 is 2.53 bits per heavy atom. The van der Waals surface area contributed by atoms with Gasteiger partial charge < -0.3 is 10.2 Å². The molecule has 0 aromatic carbocycles. The number of aromatic nitrogens is 2. The number of alkyl halides is 3. The van der Waals surface area contributed by atoms with Gasteiger partial charge in [-0.3, -0.25) is 0 Å². The maximum atomic E-state index is 12.5. The van der Waals surface area contributed by atoms with E-state index in [0.717, 1.165) is 12.8 Å². The van der Waals surface area contributed by atoms with Crippen LogP contribution in [-0.4, -0.2) is 36.3 Å². The Morgan fingerprint density at radius 1 is 1.37 bits per heavy atom. The summed E-state index contributed by atoms with van der Waals surface area (Å²) < 4.78 is 37.6. The summed E-state index contributed by atoms with van der Waals surface area (Å²) in [6.07, 6.45) is -2.21. The van der Waals surface area contributed by atoms with Crippen LogP contribution in [0, 0.1) is 0 Å². The lowest BCUT2D eigenvalue weighted by Crippen LogP contribution is -2.34. The fourth-order valence-corrected chi connectivity index (χ4v) is 1.84. The van der Waals surface area contributed by atoms with E-state index in [4.69, 9.17) is 0 Å². The van der Waals surface area contributed by atoms with Crippen molar-refractivity contribution in [3.05, 3.63) is 11.9 Å². The number of halogens is 3. The standard InChI is InChI=1S/C12H17F3N4/c1-3-19(7-12(13,14)15)10-6-9(16-2)17-11(18-10)8-4-5-8/h6,8H,3-5,7H2,1-2H3,(H,16,17,18). The van der Waals surface area contributed by atoms with Crippen molar-refractivity contribution >= 4 is 11.6 Å². The van der Waals surface area contributed by atoms with Gasteiger partial charge in [0.1, 0.15) is 24.0 Å². The molecule has 1 fully saturated rings. The first-order chi connectivity index (χ1) is 8.93. The highest BCUT2D eigenvalue weighted by atomic mass is 19.4. The minimum absolute atomic E-state index is 0.254. The fourth-order valence-electron chi connectivity index (χ4n) is 1.84. The van der Waals surface area contributed by atoms with Crippen LogP contribution in [0.25, 0.3) is 0 Å². The zero-order valence-electron chi connectivity index (χ0n) is 11.0. The summed E-state index contributed by atoms with van der Waals surface area (Å²) in [6.45, 7) is 0.946. The molecule has 4 nitrogen and oxygen atoms in total. The Kier molecular flexibility index (Phi) is 3.82.